The van der Waals surface area contributed by atoms with E-state index in [-0.39, 0.29) is 23.8 Å². The molecule has 2 aliphatic heterocycles. The van der Waals surface area contributed by atoms with Crippen molar-refractivity contribution >= 4 is 17.5 Å². The molecule has 0 aromatic heterocycles. The summed E-state index contributed by atoms with van der Waals surface area (Å²) in [6, 6.07) is 7.98. The van der Waals surface area contributed by atoms with E-state index in [0.717, 1.165) is 69.6 Å². The standard InChI is InChI=1S/C21H29N3O3/c25-20(24-10-1-2-11-24)13-15-3-6-17(7-4-15)23-21(26)16-5-8-19-18(14-16)22-9-12-27-19/h3-4,6-7,16,18-19,22H,1-2,5,8-14H2,(H,23,26)/t16-,18+,19+/m0/s1. The zero-order valence-electron chi connectivity index (χ0n) is 15.8. The molecule has 3 atom stereocenters. The molecule has 6 heteroatoms. The number of nitrogens with zero attached hydrogens (tertiary/aromatic N) is 1. The maximum Gasteiger partial charge on any atom is 0.227 e. The molecule has 0 bridgehead atoms. The van der Waals surface area contributed by atoms with Crippen molar-refractivity contribution in [1.29, 1.82) is 0 Å². The number of anilines is 1. The van der Waals surface area contributed by atoms with Crippen molar-refractivity contribution in [1.82, 2.24) is 10.2 Å². The maximum absolute atomic E-state index is 12.6. The van der Waals surface area contributed by atoms with Gasteiger partial charge in [-0.2, -0.15) is 0 Å². The molecular formula is C21H29N3O3. The van der Waals surface area contributed by atoms with Crippen LogP contribution in [0.3, 0.4) is 0 Å². The molecule has 0 radical (unpaired) electrons. The number of fused-ring (bicyclic) bond motifs is 1. The summed E-state index contributed by atoms with van der Waals surface area (Å²) in [5.41, 5.74) is 1.79. The van der Waals surface area contributed by atoms with Crippen LogP contribution in [-0.2, 0) is 20.7 Å². The lowest BCUT2D eigenvalue weighted by Crippen LogP contribution is -2.52. The normalized spacial score (nSPS) is 27.9. The number of carbonyl (C=O) groups excluding carboxylic acids is 2. The van der Waals surface area contributed by atoms with Gasteiger partial charge in [0.05, 0.1) is 19.1 Å². The number of rotatable bonds is 4. The highest BCUT2D eigenvalue weighted by molar-refractivity contribution is 5.92. The van der Waals surface area contributed by atoms with Crippen LogP contribution in [0, 0.1) is 5.92 Å². The third-order valence-electron chi connectivity index (χ3n) is 6.03. The lowest BCUT2D eigenvalue weighted by atomic mass is 9.82. The molecule has 1 saturated carbocycles. The van der Waals surface area contributed by atoms with Gasteiger partial charge < -0.3 is 20.3 Å². The second-order valence-corrected chi connectivity index (χ2v) is 7.93. The quantitative estimate of drug-likeness (QED) is 0.849. The van der Waals surface area contributed by atoms with Crippen molar-refractivity contribution in [2.45, 2.75) is 50.7 Å². The average Bonchev–Trinajstić information content (AvgIpc) is 3.24. The van der Waals surface area contributed by atoms with Gasteiger partial charge in [0.1, 0.15) is 0 Å². The molecule has 3 aliphatic rings. The number of hydrogen-bond donors (Lipinski definition) is 2. The number of likely N-dealkylation sites (tertiary alicyclic amines) is 1. The van der Waals surface area contributed by atoms with Crippen LogP contribution in [0.5, 0.6) is 0 Å². The summed E-state index contributed by atoms with van der Waals surface area (Å²) in [7, 11) is 0. The van der Waals surface area contributed by atoms with E-state index in [1.165, 1.54) is 0 Å². The fraction of sp³-hybridized carbons (Fsp3) is 0.619. The largest absolute Gasteiger partial charge is 0.375 e. The Balaban J connectivity index is 1.29. The average molecular weight is 371 g/mol. The Morgan fingerprint density at radius 1 is 1.15 bits per heavy atom. The van der Waals surface area contributed by atoms with Crippen LogP contribution in [0.2, 0.25) is 0 Å². The molecule has 146 valence electrons. The van der Waals surface area contributed by atoms with Gasteiger partial charge in [0.25, 0.3) is 0 Å². The minimum atomic E-state index is 0.0249. The van der Waals surface area contributed by atoms with E-state index >= 15 is 0 Å². The molecule has 2 heterocycles. The van der Waals surface area contributed by atoms with Crippen LogP contribution in [0.15, 0.2) is 24.3 Å². The fourth-order valence-corrected chi connectivity index (χ4v) is 4.45. The third-order valence-corrected chi connectivity index (χ3v) is 6.03. The predicted octanol–water partition coefficient (Wildman–Crippen LogP) is 1.95. The van der Waals surface area contributed by atoms with Crippen LogP contribution < -0.4 is 10.6 Å². The summed E-state index contributed by atoms with van der Waals surface area (Å²) < 4.78 is 5.78. The van der Waals surface area contributed by atoms with Crippen LogP contribution in [-0.4, -0.2) is 55.1 Å². The van der Waals surface area contributed by atoms with Crippen LogP contribution in [0.25, 0.3) is 0 Å². The van der Waals surface area contributed by atoms with Gasteiger partial charge in [-0.1, -0.05) is 12.1 Å². The van der Waals surface area contributed by atoms with E-state index in [2.05, 4.69) is 10.6 Å². The van der Waals surface area contributed by atoms with Gasteiger partial charge in [-0.05, 0) is 49.8 Å². The second kappa shape index (κ2) is 8.40. The third kappa shape index (κ3) is 4.50. The molecule has 4 rings (SSSR count). The first-order valence-corrected chi connectivity index (χ1v) is 10.2. The van der Waals surface area contributed by atoms with Gasteiger partial charge in [-0.15, -0.1) is 0 Å². The second-order valence-electron chi connectivity index (χ2n) is 7.93. The molecule has 2 N–H and O–H groups in total. The van der Waals surface area contributed by atoms with E-state index in [4.69, 9.17) is 4.74 Å². The molecule has 1 aromatic rings. The maximum atomic E-state index is 12.6. The number of morpholine rings is 1. The van der Waals surface area contributed by atoms with Crippen molar-refractivity contribution in [2.24, 2.45) is 5.92 Å². The van der Waals surface area contributed by atoms with Crippen LogP contribution in [0.4, 0.5) is 5.69 Å². The Kier molecular flexibility index (Phi) is 5.74. The molecule has 0 unspecified atom stereocenters. The predicted molar refractivity (Wildman–Crippen MR) is 103 cm³/mol. The van der Waals surface area contributed by atoms with Gasteiger partial charge >= 0.3 is 0 Å². The SMILES string of the molecule is O=C(Nc1ccc(CC(=O)N2CCCC2)cc1)[C@H]1CC[C@H]2OCCN[C@@H]2C1. The topological polar surface area (TPSA) is 70.7 Å². The lowest BCUT2D eigenvalue weighted by Gasteiger charge is -2.39. The monoisotopic (exact) mass is 371 g/mol. The first kappa shape index (κ1) is 18.4. The molecule has 1 aliphatic carbocycles. The Bertz CT molecular complexity index is 670. The van der Waals surface area contributed by atoms with Crippen molar-refractivity contribution in [3.8, 4) is 0 Å². The molecule has 27 heavy (non-hydrogen) atoms. The highest BCUT2D eigenvalue weighted by Gasteiger charge is 2.35. The van der Waals surface area contributed by atoms with E-state index in [0.29, 0.717) is 12.5 Å². The molecule has 1 aromatic carbocycles. The Labute approximate surface area is 160 Å². The van der Waals surface area contributed by atoms with E-state index in [1.54, 1.807) is 0 Å². The zero-order valence-corrected chi connectivity index (χ0v) is 15.8. The Hall–Kier alpha value is -1.92. The highest BCUT2D eigenvalue weighted by Crippen LogP contribution is 2.29. The first-order valence-electron chi connectivity index (χ1n) is 10.2. The molecule has 3 fully saturated rings. The number of carbonyl (C=O) groups is 2. The number of nitrogens with one attached hydrogen (secondary N) is 2. The van der Waals surface area contributed by atoms with E-state index < -0.39 is 0 Å². The number of hydrogen-bond acceptors (Lipinski definition) is 4. The van der Waals surface area contributed by atoms with Gasteiger partial charge in [0.2, 0.25) is 11.8 Å². The summed E-state index contributed by atoms with van der Waals surface area (Å²) >= 11 is 0. The molecular weight excluding hydrogens is 342 g/mol. The van der Waals surface area contributed by atoms with Crippen molar-refractivity contribution in [3.63, 3.8) is 0 Å². The summed E-state index contributed by atoms with van der Waals surface area (Å²) in [4.78, 5) is 26.8. The fourth-order valence-electron chi connectivity index (χ4n) is 4.45. The van der Waals surface area contributed by atoms with Gasteiger partial charge in [0.15, 0.2) is 0 Å². The van der Waals surface area contributed by atoms with Gasteiger partial charge in [0, 0.05) is 37.3 Å². The van der Waals surface area contributed by atoms with Gasteiger partial charge in [-0.25, -0.2) is 0 Å². The molecule has 2 amide bonds. The number of ether oxygens (including phenoxy) is 1. The minimum Gasteiger partial charge on any atom is -0.375 e. The number of amides is 2. The Morgan fingerprint density at radius 3 is 2.70 bits per heavy atom. The molecule has 0 spiro atoms. The van der Waals surface area contributed by atoms with Crippen molar-refractivity contribution in [2.75, 3.05) is 31.6 Å². The smallest absolute Gasteiger partial charge is 0.227 e. The Morgan fingerprint density at radius 2 is 1.93 bits per heavy atom. The summed E-state index contributed by atoms with van der Waals surface area (Å²) in [5, 5.41) is 6.52. The van der Waals surface area contributed by atoms with E-state index in [1.807, 2.05) is 29.2 Å². The molecule has 6 nitrogen and oxygen atoms in total. The summed E-state index contributed by atoms with van der Waals surface area (Å²) in [5.74, 6) is 0.307. The van der Waals surface area contributed by atoms with Crippen LogP contribution in [0.1, 0.15) is 37.7 Å². The first-order chi connectivity index (χ1) is 13.2. The van der Waals surface area contributed by atoms with Crippen molar-refractivity contribution < 1.29 is 14.3 Å². The highest BCUT2D eigenvalue weighted by atomic mass is 16.5. The van der Waals surface area contributed by atoms with Crippen LogP contribution >= 0.6 is 0 Å². The number of benzene rings is 1. The van der Waals surface area contributed by atoms with E-state index in [9.17, 15) is 9.59 Å². The lowest BCUT2D eigenvalue weighted by molar-refractivity contribution is -0.129. The minimum absolute atomic E-state index is 0.0249. The summed E-state index contributed by atoms with van der Waals surface area (Å²) in [6.45, 7) is 3.41. The molecule has 2 saturated heterocycles. The van der Waals surface area contributed by atoms with Gasteiger partial charge in [-0.3, -0.25) is 9.59 Å². The zero-order chi connectivity index (χ0) is 18.6. The summed E-state index contributed by atoms with van der Waals surface area (Å²) in [6.07, 6.45) is 5.56. The van der Waals surface area contributed by atoms with Crippen molar-refractivity contribution in [3.05, 3.63) is 29.8 Å².